The summed E-state index contributed by atoms with van der Waals surface area (Å²) in [4.78, 5) is 10.7. The Balaban J connectivity index is 2.01. The van der Waals surface area contributed by atoms with Gasteiger partial charge in [-0.15, -0.1) is 0 Å². The Kier molecular flexibility index (Phi) is 4.97. The molecule has 6 nitrogen and oxygen atoms in total. The molecule has 0 radical (unpaired) electrons. The molecule has 2 unspecified atom stereocenters. The van der Waals surface area contributed by atoms with Crippen LogP contribution in [0.3, 0.4) is 0 Å². The maximum absolute atomic E-state index is 12.1. The van der Waals surface area contributed by atoms with Crippen LogP contribution in [0.4, 0.5) is 0 Å². The van der Waals surface area contributed by atoms with E-state index >= 15 is 0 Å². The lowest BCUT2D eigenvalue weighted by atomic mass is 9.93. The van der Waals surface area contributed by atoms with Gasteiger partial charge in [0.15, 0.2) is 0 Å². The second-order valence-corrected chi connectivity index (χ2v) is 7.09. The second kappa shape index (κ2) is 6.55. The fraction of sp³-hybridized carbons (Fsp3) is 0.500. The lowest BCUT2D eigenvalue weighted by Gasteiger charge is -2.28. The van der Waals surface area contributed by atoms with Crippen molar-refractivity contribution in [2.24, 2.45) is 0 Å². The Labute approximate surface area is 123 Å². The summed E-state index contributed by atoms with van der Waals surface area (Å²) in [5, 5.41) is 18.6. The molecule has 1 aliphatic carbocycles. The van der Waals surface area contributed by atoms with Crippen molar-refractivity contribution < 1.29 is 23.4 Å². The first kappa shape index (κ1) is 15.9. The largest absolute Gasteiger partial charge is 0.478 e. The molecule has 1 aromatic carbocycles. The minimum Gasteiger partial charge on any atom is -0.478 e. The third kappa shape index (κ3) is 4.52. The van der Waals surface area contributed by atoms with Gasteiger partial charge >= 0.3 is 5.97 Å². The zero-order chi connectivity index (χ0) is 15.5. The second-order valence-electron chi connectivity index (χ2n) is 5.34. The van der Waals surface area contributed by atoms with Crippen molar-refractivity contribution in [3.05, 3.63) is 35.4 Å². The Morgan fingerprint density at radius 3 is 2.38 bits per heavy atom. The molecule has 7 heteroatoms. The molecule has 1 saturated carbocycles. The fourth-order valence-electron chi connectivity index (χ4n) is 2.48. The molecule has 3 N–H and O–H groups in total. The third-order valence-corrected chi connectivity index (χ3v) is 4.99. The van der Waals surface area contributed by atoms with Crippen molar-refractivity contribution in [2.45, 2.75) is 43.6 Å². The van der Waals surface area contributed by atoms with Gasteiger partial charge < -0.3 is 10.2 Å². The SMILES string of the molecule is O=C(O)c1ccc(CS(=O)(=O)NC2CCCCC2O)cc1. The van der Waals surface area contributed by atoms with Crippen LogP contribution >= 0.6 is 0 Å². The van der Waals surface area contributed by atoms with E-state index in [9.17, 15) is 18.3 Å². The minimum atomic E-state index is -3.56. The number of rotatable bonds is 5. The molecule has 1 fully saturated rings. The van der Waals surface area contributed by atoms with Gasteiger partial charge in [0.25, 0.3) is 0 Å². The highest BCUT2D eigenvalue weighted by atomic mass is 32.2. The van der Waals surface area contributed by atoms with Gasteiger partial charge in [-0.25, -0.2) is 17.9 Å². The molecule has 0 bridgehead atoms. The molecule has 1 aliphatic rings. The summed E-state index contributed by atoms with van der Waals surface area (Å²) in [6.07, 6.45) is 2.43. The maximum Gasteiger partial charge on any atom is 0.335 e. The summed E-state index contributed by atoms with van der Waals surface area (Å²) >= 11 is 0. The van der Waals surface area contributed by atoms with Crippen LogP contribution in [0.25, 0.3) is 0 Å². The number of aliphatic hydroxyl groups excluding tert-OH is 1. The number of carboxylic acid groups (broad SMARTS) is 1. The Morgan fingerprint density at radius 2 is 1.81 bits per heavy atom. The standard InChI is InChI=1S/C14H19NO5S/c16-13-4-2-1-3-12(13)15-21(19,20)9-10-5-7-11(8-6-10)14(17)18/h5-8,12-13,15-16H,1-4,9H2,(H,17,18). The van der Waals surface area contributed by atoms with Gasteiger partial charge in [0.05, 0.1) is 17.4 Å². The van der Waals surface area contributed by atoms with E-state index < -0.39 is 28.1 Å². The summed E-state index contributed by atoms with van der Waals surface area (Å²) < 4.78 is 26.7. The van der Waals surface area contributed by atoms with Crippen LogP contribution in [0, 0.1) is 0 Å². The maximum atomic E-state index is 12.1. The smallest absolute Gasteiger partial charge is 0.335 e. The summed E-state index contributed by atoms with van der Waals surface area (Å²) in [5.74, 6) is -1.27. The molecular weight excluding hydrogens is 294 g/mol. The van der Waals surface area contributed by atoms with Crippen molar-refractivity contribution in [2.75, 3.05) is 0 Å². The summed E-state index contributed by atoms with van der Waals surface area (Å²) in [6.45, 7) is 0. The molecule has 0 aliphatic heterocycles. The molecule has 2 atom stereocenters. The summed E-state index contributed by atoms with van der Waals surface area (Å²) in [7, 11) is -3.56. The molecule has 1 aromatic rings. The summed E-state index contributed by atoms with van der Waals surface area (Å²) in [6, 6.07) is 5.30. The van der Waals surface area contributed by atoms with Crippen LogP contribution in [0.2, 0.25) is 0 Å². The quantitative estimate of drug-likeness (QED) is 0.755. The van der Waals surface area contributed by atoms with E-state index in [-0.39, 0.29) is 11.3 Å². The summed E-state index contributed by atoms with van der Waals surface area (Å²) in [5.41, 5.74) is 0.629. The fourth-order valence-corrected chi connectivity index (χ4v) is 3.93. The number of aliphatic hydroxyl groups is 1. The highest BCUT2D eigenvalue weighted by Gasteiger charge is 2.27. The molecule has 0 heterocycles. The van der Waals surface area contributed by atoms with Crippen molar-refractivity contribution >= 4 is 16.0 Å². The molecule has 0 spiro atoms. The number of aromatic carboxylic acids is 1. The van der Waals surface area contributed by atoms with E-state index in [2.05, 4.69) is 4.72 Å². The van der Waals surface area contributed by atoms with Crippen LogP contribution in [0.15, 0.2) is 24.3 Å². The van der Waals surface area contributed by atoms with Crippen molar-refractivity contribution in [3.8, 4) is 0 Å². The molecule has 2 rings (SSSR count). The lowest BCUT2D eigenvalue weighted by molar-refractivity contribution is 0.0697. The Hall–Kier alpha value is -1.44. The van der Waals surface area contributed by atoms with Crippen LogP contribution in [0.5, 0.6) is 0 Å². The lowest BCUT2D eigenvalue weighted by Crippen LogP contribution is -2.45. The number of benzene rings is 1. The molecule has 0 aromatic heterocycles. The zero-order valence-corrected chi connectivity index (χ0v) is 12.3. The molecule has 116 valence electrons. The van der Waals surface area contributed by atoms with Gasteiger partial charge in [0.1, 0.15) is 0 Å². The first-order chi connectivity index (χ1) is 9.87. The van der Waals surface area contributed by atoms with Crippen LogP contribution in [0.1, 0.15) is 41.6 Å². The van der Waals surface area contributed by atoms with Crippen LogP contribution < -0.4 is 4.72 Å². The van der Waals surface area contributed by atoms with Crippen LogP contribution in [-0.4, -0.2) is 36.7 Å². The number of hydrogen-bond donors (Lipinski definition) is 3. The van der Waals surface area contributed by atoms with Gasteiger partial charge in [-0.05, 0) is 30.5 Å². The van der Waals surface area contributed by atoms with Gasteiger partial charge in [0.2, 0.25) is 10.0 Å². The minimum absolute atomic E-state index is 0.117. The Morgan fingerprint density at radius 1 is 1.19 bits per heavy atom. The van der Waals surface area contributed by atoms with Crippen LogP contribution in [-0.2, 0) is 15.8 Å². The normalized spacial score (nSPS) is 22.9. The monoisotopic (exact) mass is 313 g/mol. The topological polar surface area (TPSA) is 104 Å². The number of sulfonamides is 1. The molecule has 0 amide bonds. The van der Waals surface area contributed by atoms with E-state index in [1.807, 2.05) is 0 Å². The molecule has 0 saturated heterocycles. The average Bonchev–Trinajstić information content (AvgIpc) is 2.41. The van der Waals surface area contributed by atoms with E-state index in [1.165, 1.54) is 24.3 Å². The van der Waals surface area contributed by atoms with Crippen molar-refractivity contribution in [1.29, 1.82) is 0 Å². The van der Waals surface area contributed by atoms with E-state index in [0.717, 1.165) is 12.8 Å². The first-order valence-corrected chi connectivity index (χ1v) is 8.53. The average molecular weight is 313 g/mol. The van der Waals surface area contributed by atoms with Crippen molar-refractivity contribution in [3.63, 3.8) is 0 Å². The van der Waals surface area contributed by atoms with E-state index in [4.69, 9.17) is 5.11 Å². The predicted octanol–water partition coefficient (Wildman–Crippen LogP) is 1.11. The van der Waals surface area contributed by atoms with E-state index in [1.54, 1.807) is 0 Å². The van der Waals surface area contributed by atoms with Crippen molar-refractivity contribution in [1.82, 2.24) is 4.72 Å². The highest BCUT2D eigenvalue weighted by Crippen LogP contribution is 2.19. The molecular formula is C14H19NO5S. The number of hydrogen-bond acceptors (Lipinski definition) is 4. The van der Waals surface area contributed by atoms with Gasteiger partial charge in [-0.1, -0.05) is 25.0 Å². The zero-order valence-electron chi connectivity index (χ0n) is 11.5. The predicted molar refractivity (Wildman–Crippen MR) is 77.4 cm³/mol. The number of carboxylic acids is 1. The highest BCUT2D eigenvalue weighted by molar-refractivity contribution is 7.88. The Bertz CT molecular complexity index is 596. The first-order valence-electron chi connectivity index (χ1n) is 6.88. The van der Waals surface area contributed by atoms with E-state index in [0.29, 0.717) is 18.4 Å². The number of nitrogens with one attached hydrogen (secondary N) is 1. The van der Waals surface area contributed by atoms with Gasteiger partial charge in [0, 0.05) is 6.04 Å². The van der Waals surface area contributed by atoms with Gasteiger partial charge in [-0.2, -0.15) is 0 Å². The van der Waals surface area contributed by atoms with Gasteiger partial charge in [-0.3, -0.25) is 0 Å². The molecule has 21 heavy (non-hydrogen) atoms. The number of carbonyl (C=O) groups is 1. The third-order valence-electron chi connectivity index (χ3n) is 3.62.